The molecule has 0 aromatic heterocycles. The molecule has 1 saturated carbocycles. The van der Waals surface area contributed by atoms with Gasteiger partial charge in [-0.05, 0) is 69.7 Å². The third-order valence-corrected chi connectivity index (χ3v) is 8.19. The van der Waals surface area contributed by atoms with Gasteiger partial charge in [-0.3, -0.25) is 24.5 Å². The number of anilines is 1. The van der Waals surface area contributed by atoms with Gasteiger partial charge in [-0.2, -0.15) is 0 Å². The van der Waals surface area contributed by atoms with Gasteiger partial charge >= 0.3 is 11.9 Å². The first-order valence-electron chi connectivity index (χ1n) is 13.8. The topological polar surface area (TPSA) is 154 Å². The molecule has 2 aromatic carbocycles. The lowest BCUT2D eigenvalue weighted by Gasteiger charge is -2.40. The molecule has 3 atom stereocenters. The maximum absolute atomic E-state index is 13.5. The number of esters is 2. The Labute approximate surface area is 245 Å². The van der Waals surface area contributed by atoms with Crippen molar-refractivity contribution >= 4 is 35.1 Å². The summed E-state index contributed by atoms with van der Waals surface area (Å²) in [5.41, 5.74) is -1.59. The smallest absolute Gasteiger partial charge is 0.328 e. The number of carbonyl (C=O) groups is 4. The van der Waals surface area contributed by atoms with E-state index < -0.39 is 45.2 Å². The van der Waals surface area contributed by atoms with E-state index >= 15 is 0 Å². The molecular formula is C31H39N3O8. The number of nitro groups is 1. The third kappa shape index (κ3) is 6.95. The van der Waals surface area contributed by atoms with E-state index in [9.17, 15) is 29.3 Å². The van der Waals surface area contributed by atoms with Crippen molar-refractivity contribution in [1.29, 1.82) is 0 Å². The van der Waals surface area contributed by atoms with Crippen molar-refractivity contribution in [2.24, 2.45) is 16.7 Å². The first-order valence-corrected chi connectivity index (χ1v) is 13.8. The van der Waals surface area contributed by atoms with Gasteiger partial charge in [-0.25, -0.2) is 4.79 Å². The minimum atomic E-state index is -0.987. The summed E-state index contributed by atoms with van der Waals surface area (Å²) in [6.45, 7) is 11.0. The van der Waals surface area contributed by atoms with Crippen LogP contribution in [0.25, 0.3) is 0 Å². The molecular weight excluding hydrogens is 542 g/mol. The number of hydrogen-bond acceptors (Lipinski definition) is 8. The Bertz CT molecular complexity index is 1360. The van der Waals surface area contributed by atoms with Crippen molar-refractivity contribution in [2.45, 2.75) is 72.4 Å². The summed E-state index contributed by atoms with van der Waals surface area (Å²) >= 11 is 0. The van der Waals surface area contributed by atoms with Gasteiger partial charge in [-0.15, -0.1) is 0 Å². The molecule has 1 aliphatic rings. The van der Waals surface area contributed by atoms with Gasteiger partial charge in [0.25, 0.3) is 11.6 Å². The molecule has 2 aromatic rings. The molecule has 2 N–H and O–H groups in total. The fourth-order valence-corrected chi connectivity index (χ4v) is 5.31. The molecule has 0 bridgehead atoms. The summed E-state index contributed by atoms with van der Waals surface area (Å²) in [6.07, 6.45) is 1.04. The number of nitrogens with zero attached hydrogens (tertiary/aromatic N) is 1. The molecule has 0 spiro atoms. The average molecular weight is 582 g/mol. The molecule has 0 heterocycles. The third-order valence-electron chi connectivity index (χ3n) is 8.19. The molecule has 0 unspecified atom stereocenters. The van der Waals surface area contributed by atoms with Crippen LogP contribution in [0.4, 0.5) is 11.4 Å². The first-order chi connectivity index (χ1) is 19.5. The highest BCUT2D eigenvalue weighted by Gasteiger charge is 2.59. The van der Waals surface area contributed by atoms with E-state index in [4.69, 9.17) is 9.47 Å². The van der Waals surface area contributed by atoms with Crippen molar-refractivity contribution in [3.8, 4) is 0 Å². The normalized spacial score (nSPS) is 20.2. The Kier molecular flexibility index (Phi) is 9.44. The molecule has 0 radical (unpaired) electrons. The maximum Gasteiger partial charge on any atom is 0.328 e. The van der Waals surface area contributed by atoms with Crippen molar-refractivity contribution in [2.75, 3.05) is 12.4 Å². The van der Waals surface area contributed by atoms with E-state index in [0.29, 0.717) is 24.1 Å². The fourth-order valence-electron chi connectivity index (χ4n) is 5.31. The summed E-state index contributed by atoms with van der Waals surface area (Å²) in [6, 6.07) is 11.2. The van der Waals surface area contributed by atoms with Crippen molar-refractivity contribution in [1.82, 2.24) is 5.32 Å². The molecule has 0 saturated heterocycles. The SMILES string of the molecule is COC(=O)[C@H](Cc1ccc(NC(=O)c2ccccc2[N+](=O)[O-])cc1)NC(=O)[C@H]1CC[C@@](C)(C(=O)OC(C)(C)C)C1(C)C. The highest BCUT2D eigenvalue weighted by atomic mass is 16.6. The van der Waals surface area contributed by atoms with E-state index in [1.165, 1.54) is 31.4 Å². The van der Waals surface area contributed by atoms with Gasteiger partial charge in [0.2, 0.25) is 5.91 Å². The van der Waals surface area contributed by atoms with E-state index in [1.807, 2.05) is 20.8 Å². The standard InChI is InChI=1S/C31H39N3O8/c1-29(2,3)42-28(38)31(6)17-16-22(30(31,4)5)26(36)33-23(27(37)41-7)18-19-12-14-20(15-13-19)32-25(35)21-10-8-9-11-24(21)34(39)40/h8-15,22-23H,16-18H2,1-7H3,(H,32,35)(H,33,36)/t22-,23+,31+/m1/s1. The van der Waals surface area contributed by atoms with Gasteiger partial charge in [0, 0.05) is 24.1 Å². The average Bonchev–Trinajstić information content (AvgIpc) is 3.17. The van der Waals surface area contributed by atoms with E-state index in [1.54, 1.807) is 45.0 Å². The van der Waals surface area contributed by atoms with E-state index in [-0.39, 0.29) is 29.5 Å². The van der Waals surface area contributed by atoms with Gasteiger partial charge < -0.3 is 20.1 Å². The minimum Gasteiger partial charge on any atom is -0.467 e. The quantitative estimate of drug-likeness (QED) is 0.242. The molecule has 1 aliphatic carbocycles. The van der Waals surface area contributed by atoms with Crippen molar-refractivity contribution in [3.05, 3.63) is 69.8 Å². The molecule has 0 aliphatic heterocycles. The lowest BCUT2D eigenvalue weighted by atomic mass is 9.65. The molecule has 11 heteroatoms. The maximum atomic E-state index is 13.5. The highest BCUT2D eigenvalue weighted by Crippen LogP contribution is 2.57. The number of carbonyl (C=O) groups excluding carboxylic acids is 4. The second kappa shape index (κ2) is 12.3. The van der Waals surface area contributed by atoms with Crippen molar-refractivity contribution in [3.63, 3.8) is 0 Å². The first kappa shape index (κ1) is 32.2. The number of nitro benzene ring substituents is 1. The van der Waals surface area contributed by atoms with Gasteiger partial charge in [-0.1, -0.05) is 38.1 Å². The predicted octanol–water partition coefficient (Wildman–Crippen LogP) is 4.83. The Morgan fingerprint density at radius 3 is 2.24 bits per heavy atom. The van der Waals surface area contributed by atoms with Crippen LogP contribution in [0.1, 0.15) is 70.3 Å². The summed E-state index contributed by atoms with van der Waals surface area (Å²) in [4.78, 5) is 62.5. The zero-order valence-electron chi connectivity index (χ0n) is 25.1. The van der Waals surface area contributed by atoms with Gasteiger partial charge in [0.1, 0.15) is 17.2 Å². The number of hydrogen-bond donors (Lipinski definition) is 2. The van der Waals surface area contributed by atoms with Crippen LogP contribution in [0.5, 0.6) is 0 Å². The van der Waals surface area contributed by atoms with Gasteiger partial charge in [0.05, 0.1) is 17.4 Å². The zero-order chi connectivity index (χ0) is 31.5. The number of rotatable bonds is 9. The molecule has 2 amide bonds. The monoisotopic (exact) mass is 581 g/mol. The Hall–Kier alpha value is -4.28. The van der Waals surface area contributed by atoms with Crippen LogP contribution in [-0.4, -0.2) is 47.4 Å². The summed E-state index contributed by atoms with van der Waals surface area (Å²) in [5.74, 6) is -2.50. The minimum absolute atomic E-state index is 0.0716. The summed E-state index contributed by atoms with van der Waals surface area (Å²) < 4.78 is 10.6. The van der Waals surface area contributed by atoms with Crippen LogP contribution < -0.4 is 10.6 Å². The van der Waals surface area contributed by atoms with Crippen molar-refractivity contribution < 1.29 is 33.6 Å². The zero-order valence-corrected chi connectivity index (χ0v) is 25.1. The van der Waals surface area contributed by atoms with Crippen LogP contribution in [0.2, 0.25) is 0 Å². The predicted molar refractivity (Wildman–Crippen MR) is 156 cm³/mol. The van der Waals surface area contributed by atoms with Crippen LogP contribution in [0, 0.1) is 26.9 Å². The van der Waals surface area contributed by atoms with E-state index in [0.717, 1.165) is 0 Å². The molecule has 1 fully saturated rings. The molecule has 3 rings (SSSR count). The second-order valence-corrected chi connectivity index (χ2v) is 12.4. The number of benzene rings is 2. The number of ether oxygens (including phenoxy) is 2. The largest absolute Gasteiger partial charge is 0.467 e. The number of nitrogens with one attached hydrogen (secondary N) is 2. The second-order valence-electron chi connectivity index (χ2n) is 12.4. The lowest BCUT2D eigenvalue weighted by molar-refractivity contribution is -0.385. The number of para-hydroxylation sites is 1. The van der Waals surface area contributed by atoms with Crippen LogP contribution in [0.15, 0.2) is 48.5 Å². The van der Waals surface area contributed by atoms with Crippen LogP contribution in [-0.2, 0) is 30.3 Å². The Morgan fingerprint density at radius 1 is 1.05 bits per heavy atom. The molecule has 42 heavy (non-hydrogen) atoms. The van der Waals surface area contributed by atoms with Gasteiger partial charge in [0.15, 0.2) is 0 Å². The molecule has 226 valence electrons. The van der Waals surface area contributed by atoms with E-state index in [2.05, 4.69) is 10.6 Å². The highest BCUT2D eigenvalue weighted by molar-refractivity contribution is 6.07. The number of amides is 2. The number of methoxy groups -OCH3 is 1. The van der Waals surface area contributed by atoms with Crippen LogP contribution in [0.3, 0.4) is 0 Å². The van der Waals surface area contributed by atoms with Crippen LogP contribution >= 0.6 is 0 Å². The Balaban J connectivity index is 1.71. The lowest BCUT2D eigenvalue weighted by Crippen LogP contribution is -2.51. The fraction of sp³-hybridized carbons (Fsp3) is 0.484. The Morgan fingerprint density at radius 2 is 1.67 bits per heavy atom. The summed E-state index contributed by atoms with van der Waals surface area (Å²) in [7, 11) is 1.24. The molecule has 11 nitrogen and oxygen atoms in total. The summed E-state index contributed by atoms with van der Waals surface area (Å²) in [5, 5.41) is 16.7.